The highest BCUT2D eigenvalue weighted by Crippen LogP contribution is 2.23. The van der Waals surface area contributed by atoms with Crippen LogP contribution in [-0.4, -0.2) is 27.4 Å². The molecule has 1 amide bonds. The van der Waals surface area contributed by atoms with Crippen LogP contribution in [0.4, 0.5) is 5.69 Å². The second-order valence-corrected chi connectivity index (χ2v) is 8.09. The summed E-state index contributed by atoms with van der Waals surface area (Å²) >= 11 is 0. The fourth-order valence-corrected chi connectivity index (χ4v) is 3.56. The molecule has 2 aromatic carbocycles. The maximum atomic E-state index is 12.9. The van der Waals surface area contributed by atoms with Crippen LogP contribution >= 0.6 is 0 Å². The molecule has 0 aliphatic carbocycles. The number of anilines is 1. The van der Waals surface area contributed by atoms with Gasteiger partial charge >= 0.3 is 0 Å². The number of benzene rings is 2. The molecule has 0 saturated carbocycles. The molecular formula is C19H24N2O3S. The Morgan fingerprint density at radius 3 is 2.48 bits per heavy atom. The molecule has 0 saturated heterocycles. The van der Waals surface area contributed by atoms with E-state index < -0.39 is 10.0 Å². The minimum absolute atomic E-state index is 0.0303. The van der Waals surface area contributed by atoms with Gasteiger partial charge in [0.1, 0.15) is 0 Å². The van der Waals surface area contributed by atoms with Crippen molar-refractivity contribution in [2.45, 2.75) is 38.1 Å². The lowest BCUT2D eigenvalue weighted by molar-refractivity contribution is 0.0939. The van der Waals surface area contributed by atoms with Gasteiger partial charge in [0, 0.05) is 18.7 Å². The normalized spacial score (nSPS) is 12.5. The number of hydrogen-bond donors (Lipinski definition) is 1. The highest BCUT2D eigenvalue weighted by Gasteiger charge is 2.22. The lowest BCUT2D eigenvalue weighted by atomic mass is 10.2. The summed E-state index contributed by atoms with van der Waals surface area (Å²) in [7, 11) is -2.24. The van der Waals surface area contributed by atoms with Crippen LogP contribution in [0, 0.1) is 6.92 Å². The van der Waals surface area contributed by atoms with Crippen molar-refractivity contribution in [3.8, 4) is 0 Å². The molecule has 0 bridgehead atoms. The van der Waals surface area contributed by atoms with Crippen molar-refractivity contribution >= 4 is 21.6 Å². The second kappa shape index (κ2) is 7.70. The minimum atomic E-state index is -3.75. The van der Waals surface area contributed by atoms with Gasteiger partial charge in [-0.1, -0.05) is 25.1 Å². The number of sulfonamides is 1. The van der Waals surface area contributed by atoms with Crippen molar-refractivity contribution in [3.05, 3.63) is 59.7 Å². The first-order valence-electron chi connectivity index (χ1n) is 8.22. The standard InChI is InChI=1S/C19H24N2O3S/c1-5-15(3)20-19(22)16-9-7-11-18(13-16)25(23,24)21(4)17-10-6-8-14(2)12-17/h6-13,15H,5H2,1-4H3,(H,20,22)/t15-/m0/s1. The lowest BCUT2D eigenvalue weighted by Gasteiger charge is -2.20. The Morgan fingerprint density at radius 2 is 1.84 bits per heavy atom. The molecule has 2 rings (SSSR count). The largest absolute Gasteiger partial charge is 0.350 e. The summed E-state index contributed by atoms with van der Waals surface area (Å²) in [5, 5.41) is 2.85. The van der Waals surface area contributed by atoms with Gasteiger partial charge in [-0.05, 0) is 56.2 Å². The van der Waals surface area contributed by atoms with E-state index in [2.05, 4.69) is 5.32 Å². The number of amides is 1. The summed E-state index contributed by atoms with van der Waals surface area (Å²) in [5.41, 5.74) is 1.88. The number of hydrogen-bond acceptors (Lipinski definition) is 3. The molecular weight excluding hydrogens is 336 g/mol. The number of nitrogens with zero attached hydrogens (tertiary/aromatic N) is 1. The predicted molar refractivity (Wildman–Crippen MR) is 100 cm³/mol. The minimum Gasteiger partial charge on any atom is -0.350 e. The van der Waals surface area contributed by atoms with Gasteiger partial charge in [-0.3, -0.25) is 9.10 Å². The maximum absolute atomic E-state index is 12.9. The van der Waals surface area contributed by atoms with E-state index in [-0.39, 0.29) is 16.8 Å². The Morgan fingerprint density at radius 1 is 1.16 bits per heavy atom. The van der Waals surface area contributed by atoms with Crippen LogP contribution < -0.4 is 9.62 Å². The zero-order valence-corrected chi connectivity index (χ0v) is 15.8. The molecule has 5 nitrogen and oxygen atoms in total. The predicted octanol–water partition coefficient (Wildman–Crippen LogP) is 3.35. The van der Waals surface area contributed by atoms with Gasteiger partial charge in [-0.25, -0.2) is 8.42 Å². The summed E-state index contributed by atoms with van der Waals surface area (Å²) in [5.74, 6) is -0.274. The van der Waals surface area contributed by atoms with Gasteiger partial charge in [-0.15, -0.1) is 0 Å². The van der Waals surface area contributed by atoms with E-state index in [9.17, 15) is 13.2 Å². The Kier molecular flexibility index (Phi) is 5.85. The van der Waals surface area contributed by atoms with Crippen LogP contribution in [0.2, 0.25) is 0 Å². The van der Waals surface area contributed by atoms with E-state index in [1.54, 1.807) is 24.3 Å². The van der Waals surface area contributed by atoms with Crippen LogP contribution in [-0.2, 0) is 10.0 Å². The van der Waals surface area contributed by atoms with Crippen molar-refractivity contribution in [1.82, 2.24) is 5.32 Å². The molecule has 1 atom stereocenters. The summed E-state index contributed by atoms with van der Waals surface area (Å²) in [6.45, 7) is 5.79. The van der Waals surface area contributed by atoms with Crippen molar-refractivity contribution < 1.29 is 13.2 Å². The van der Waals surface area contributed by atoms with E-state index in [4.69, 9.17) is 0 Å². The molecule has 0 aromatic heterocycles. The number of aryl methyl sites for hydroxylation is 1. The van der Waals surface area contributed by atoms with Crippen molar-refractivity contribution in [1.29, 1.82) is 0 Å². The molecule has 1 N–H and O–H groups in total. The fourth-order valence-electron chi connectivity index (χ4n) is 2.33. The van der Waals surface area contributed by atoms with E-state index >= 15 is 0 Å². The van der Waals surface area contributed by atoms with Crippen LogP contribution in [0.3, 0.4) is 0 Å². The first-order chi connectivity index (χ1) is 11.8. The SMILES string of the molecule is CC[C@H](C)NC(=O)c1cccc(S(=O)(=O)N(C)c2cccc(C)c2)c1. The van der Waals surface area contributed by atoms with Gasteiger partial charge in [-0.2, -0.15) is 0 Å². The average Bonchev–Trinajstić information content (AvgIpc) is 2.60. The summed E-state index contributed by atoms with van der Waals surface area (Å²) in [6, 6.07) is 13.4. The van der Waals surface area contributed by atoms with Crippen LogP contribution in [0.25, 0.3) is 0 Å². The average molecular weight is 360 g/mol. The van der Waals surface area contributed by atoms with E-state index in [0.717, 1.165) is 12.0 Å². The third kappa shape index (κ3) is 4.39. The van der Waals surface area contributed by atoms with Crippen LogP contribution in [0.1, 0.15) is 36.2 Å². The number of carbonyl (C=O) groups is 1. The van der Waals surface area contributed by atoms with Crippen molar-refractivity contribution in [3.63, 3.8) is 0 Å². The Labute approximate surface area is 149 Å². The summed E-state index contributed by atoms with van der Waals surface area (Å²) < 4.78 is 27.0. The highest BCUT2D eigenvalue weighted by molar-refractivity contribution is 7.92. The third-order valence-electron chi connectivity index (χ3n) is 4.11. The number of carbonyl (C=O) groups excluding carboxylic acids is 1. The molecule has 0 unspecified atom stereocenters. The van der Waals surface area contributed by atoms with E-state index in [1.807, 2.05) is 32.9 Å². The van der Waals surface area contributed by atoms with Crippen molar-refractivity contribution in [2.24, 2.45) is 0 Å². The summed E-state index contributed by atoms with van der Waals surface area (Å²) in [4.78, 5) is 12.3. The summed E-state index contributed by atoms with van der Waals surface area (Å²) in [6.07, 6.45) is 0.805. The first-order valence-corrected chi connectivity index (χ1v) is 9.66. The van der Waals surface area contributed by atoms with E-state index in [1.165, 1.54) is 23.5 Å². The molecule has 0 aliphatic heterocycles. The Hall–Kier alpha value is -2.34. The third-order valence-corrected chi connectivity index (χ3v) is 5.89. The van der Waals surface area contributed by atoms with Gasteiger partial charge in [0.05, 0.1) is 10.6 Å². The zero-order chi connectivity index (χ0) is 18.6. The smallest absolute Gasteiger partial charge is 0.264 e. The molecule has 0 spiro atoms. The molecule has 0 fully saturated rings. The molecule has 2 aromatic rings. The van der Waals surface area contributed by atoms with Crippen LogP contribution in [0.15, 0.2) is 53.4 Å². The first kappa shape index (κ1) is 19.0. The lowest BCUT2D eigenvalue weighted by Crippen LogP contribution is -2.32. The molecule has 0 heterocycles. The second-order valence-electron chi connectivity index (χ2n) is 6.12. The molecule has 0 aliphatic rings. The van der Waals surface area contributed by atoms with Crippen molar-refractivity contribution in [2.75, 3.05) is 11.4 Å². The Balaban J connectivity index is 2.34. The maximum Gasteiger partial charge on any atom is 0.264 e. The van der Waals surface area contributed by atoms with Gasteiger partial charge in [0.15, 0.2) is 0 Å². The van der Waals surface area contributed by atoms with E-state index in [0.29, 0.717) is 11.3 Å². The fraction of sp³-hybridized carbons (Fsp3) is 0.316. The monoisotopic (exact) mass is 360 g/mol. The zero-order valence-electron chi connectivity index (χ0n) is 15.0. The molecule has 0 radical (unpaired) electrons. The van der Waals surface area contributed by atoms with Gasteiger partial charge in [0.25, 0.3) is 15.9 Å². The molecule has 25 heavy (non-hydrogen) atoms. The highest BCUT2D eigenvalue weighted by atomic mass is 32.2. The number of rotatable bonds is 6. The topological polar surface area (TPSA) is 66.5 Å². The van der Waals surface area contributed by atoms with Gasteiger partial charge < -0.3 is 5.32 Å². The quantitative estimate of drug-likeness (QED) is 0.859. The van der Waals surface area contributed by atoms with Crippen LogP contribution in [0.5, 0.6) is 0 Å². The molecule has 6 heteroatoms. The Bertz CT molecular complexity index is 862. The van der Waals surface area contributed by atoms with Gasteiger partial charge in [0.2, 0.25) is 0 Å². The molecule has 134 valence electrons. The number of nitrogens with one attached hydrogen (secondary N) is 1.